The van der Waals surface area contributed by atoms with E-state index in [2.05, 4.69) is 37.6 Å². The highest BCUT2D eigenvalue weighted by Gasteiger charge is 2.08. The van der Waals surface area contributed by atoms with Crippen molar-refractivity contribution in [2.24, 2.45) is 0 Å². The van der Waals surface area contributed by atoms with Gasteiger partial charge in [0.25, 0.3) is 0 Å². The van der Waals surface area contributed by atoms with Crippen molar-refractivity contribution in [1.29, 1.82) is 0 Å². The molecule has 0 unspecified atom stereocenters. The summed E-state index contributed by atoms with van der Waals surface area (Å²) >= 11 is 15.5. The van der Waals surface area contributed by atoms with Crippen molar-refractivity contribution in [3.05, 3.63) is 74.9 Å². The molecule has 21 heavy (non-hydrogen) atoms. The molecule has 3 aromatic rings. The zero-order chi connectivity index (χ0) is 14.8. The normalized spacial score (nSPS) is 10.8. The molecule has 0 fully saturated rings. The predicted octanol–water partition coefficient (Wildman–Crippen LogP) is 5.67. The van der Waals surface area contributed by atoms with Crippen LogP contribution >= 0.6 is 39.1 Å². The van der Waals surface area contributed by atoms with E-state index >= 15 is 0 Å². The number of hydrogen-bond acceptors (Lipinski definition) is 1. The highest BCUT2D eigenvalue weighted by molar-refractivity contribution is 9.10. The molecule has 0 aliphatic carbocycles. The molecule has 0 saturated heterocycles. The van der Waals surface area contributed by atoms with Crippen molar-refractivity contribution < 1.29 is 0 Å². The van der Waals surface area contributed by atoms with Gasteiger partial charge in [-0.25, -0.2) is 4.98 Å². The molecule has 5 heteroatoms. The van der Waals surface area contributed by atoms with Gasteiger partial charge in [-0.15, -0.1) is 0 Å². The molecule has 106 valence electrons. The summed E-state index contributed by atoms with van der Waals surface area (Å²) in [5.41, 5.74) is 2.15. The standard InChI is InChI=1S/C16H11BrCl2N2/c17-13-3-1-2-11(8-13)10-21-7-6-20-16(21)12-4-5-14(18)15(19)9-12/h1-9H,10H2. The molecule has 0 aliphatic heterocycles. The number of halogens is 3. The molecule has 2 nitrogen and oxygen atoms in total. The van der Waals surface area contributed by atoms with Gasteiger partial charge in [-0.1, -0.05) is 51.3 Å². The maximum absolute atomic E-state index is 6.09. The predicted molar refractivity (Wildman–Crippen MR) is 90.9 cm³/mol. The van der Waals surface area contributed by atoms with E-state index in [9.17, 15) is 0 Å². The Labute approximate surface area is 141 Å². The molecule has 0 amide bonds. The molecular formula is C16H11BrCl2N2. The fraction of sp³-hybridized carbons (Fsp3) is 0.0625. The van der Waals surface area contributed by atoms with Crippen LogP contribution in [0.15, 0.2) is 59.3 Å². The minimum Gasteiger partial charge on any atom is -0.327 e. The van der Waals surface area contributed by atoms with Gasteiger partial charge in [0.2, 0.25) is 0 Å². The van der Waals surface area contributed by atoms with Crippen LogP contribution < -0.4 is 0 Å². The lowest BCUT2D eigenvalue weighted by atomic mass is 10.2. The molecule has 0 aliphatic rings. The first-order chi connectivity index (χ1) is 10.1. The molecule has 3 rings (SSSR count). The smallest absolute Gasteiger partial charge is 0.140 e. The van der Waals surface area contributed by atoms with Gasteiger partial charge >= 0.3 is 0 Å². The van der Waals surface area contributed by atoms with E-state index in [0.29, 0.717) is 10.0 Å². The molecule has 0 bridgehead atoms. The molecule has 0 spiro atoms. The highest BCUT2D eigenvalue weighted by Crippen LogP contribution is 2.28. The molecule has 1 aromatic heterocycles. The van der Waals surface area contributed by atoms with Crippen molar-refractivity contribution in [2.45, 2.75) is 6.54 Å². The summed E-state index contributed by atoms with van der Waals surface area (Å²) in [7, 11) is 0. The van der Waals surface area contributed by atoms with Crippen LogP contribution in [0, 0.1) is 0 Å². The first-order valence-electron chi connectivity index (χ1n) is 6.34. The molecule has 0 atom stereocenters. The van der Waals surface area contributed by atoms with Crippen molar-refractivity contribution in [1.82, 2.24) is 9.55 Å². The van der Waals surface area contributed by atoms with Crippen LogP contribution in [0.2, 0.25) is 10.0 Å². The SMILES string of the molecule is Clc1ccc(-c2nccn2Cc2cccc(Br)c2)cc1Cl. The van der Waals surface area contributed by atoms with Crippen LogP contribution in [0.4, 0.5) is 0 Å². The quantitative estimate of drug-likeness (QED) is 0.571. The third kappa shape index (κ3) is 3.31. The summed E-state index contributed by atoms with van der Waals surface area (Å²) in [6.45, 7) is 0.745. The van der Waals surface area contributed by atoms with Crippen molar-refractivity contribution in [2.75, 3.05) is 0 Å². The van der Waals surface area contributed by atoms with Crippen LogP contribution in [0.25, 0.3) is 11.4 Å². The van der Waals surface area contributed by atoms with Crippen LogP contribution in [-0.4, -0.2) is 9.55 Å². The van der Waals surface area contributed by atoms with Crippen LogP contribution in [-0.2, 0) is 6.54 Å². The van der Waals surface area contributed by atoms with Crippen molar-refractivity contribution in [3.63, 3.8) is 0 Å². The molecule has 0 radical (unpaired) electrons. The number of rotatable bonds is 3. The summed E-state index contributed by atoms with van der Waals surface area (Å²) in [4.78, 5) is 4.43. The van der Waals surface area contributed by atoms with E-state index < -0.39 is 0 Å². The monoisotopic (exact) mass is 380 g/mol. The summed E-state index contributed by atoms with van der Waals surface area (Å²) in [6.07, 6.45) is 3.74. The Morgan fingerprint density at radius 3 is 2.67 bits per heavy atom. The largest absolute Gasteiger partial charge is 0.327 e. The van der Waals surface area contributed by atoms with E-state index in [0.717, 1.165) is 22.4 Å². The number of benzene rings is 2. The Bertz CT molecular complexity index is 783. The molecule has 2 aromatic carbocycles. The Morgan fingerprint density at radius 2 is 1.90 bits per heavy atom. The third-order valence-corrected chi connectivity index (χ3v) is 4.37. The van der Waals surface area contributed by atoms with E-state index in [-0.39, 0.29) is 0 Å². The van der Waals surface area contributed by atoms with E-state index in [4.69, 9.17) is 23.2 Å². The average Bonchev–Trinajstić information content (AvgIpc) is 2.90. The lowest BCUT2D eigenvalue weighted by molar-refractivity contribution is 0.806. The van der Waals surface area contributed by atoms with Gasteiger partial charge in [-0.05, 0) is 35.9 Å². The van der Waals surface area contributed by atoms with Gasteiger partial charge in [0.15, 0.2) is 0 Å². The molecular weight excluding hydrogens is 371 g/mol. The Hall–Kier alpha value is -1.29. The Morgan fingerprint density at radius 1 is 1.05 bits per heavy atom. The second-order valence-corrected chi connectivity index (χ2v) is 6.37. The number of aromatic nitrogens is 2. The molecule has 0 saturated carbocycles. The second kappa shape index (κ2) is 6.22. The fourth-order valence-electron chi connectivity index (χ4n) is 2.16. The number of nitrogens with zero attached hydrogens (tertiary/aromatic N) is 2. The number of hydrogen-bond donors (Lipinski definition) is 0. The summed E-state index contributed by atoms with van der Waals surface area (Å²) in [5, 5.41) is 1.08. The van der Waals surface area contributed by atoms with Crippen LogP contribution in [0.1, 0.15) is 5.56 Å². The third-order valence-electron chi connectivity index (χ3n) is 3.14. The van der Waals surface area contributed by atoms with Gasteiger partial charge in [0.05, 0.1) is 10.0 Å². The maximum atomic E-state index is 6.09. The zero-order valence-electron chi connectivity index (χ0n) is 10.9. The van der Waals surface area contributed by atoms with Crippen LogP contribution in [0.3, 0.4) is 0 Å². The Balaban J connectivity index is 1.95. The molecule has 0 N–H and O–H groups in total. The Kier molecular flexibility index (Phi) is 4.34. The first-order valence-corrected chi connectivity index (χ1v) is 7.89. The fourth-order valence-corrected chi connectivity index (χ4v) is 2.91. The summed E-state index contributed by atoms with van der Waals surface area (Å²) in [6, 6.07) is 13.8. The van der Waals surface area contributed by atoms with Gasteiger partial charge in [0.1, 0.15) is 5.82 Å². The second-order valence-electron chi connectivity index (χ2n) is 4.64. The zero-order valence-corrected chi connectivity index (χ0v) is 14.0. The summed E-state index contributed by atoms with van der Waals surface area (Å²) < 4.78 is 3.15. The molecule has 1 heterocycles. The van der Waals surface area contributed by atoms with Crippen molar-refractivity contribution >= 4 is 39.1 Å². The van der Waals surface area contributed by atoms with Gasteiger partial charge in [-0.3, -0.25) is 0 Å². The minimum absolute atomic E-state index is 0.533. The van der Waals surface area contributed by atoms with Crippen molar-refractivity contribution in [3.8, 4) is 11.4 Å². The maximum Gasteiger partial charge on any atom is 0.140 e. The minimum atomic E-state index is 0.533. The van der Waals surface area contributed by atoms with Crippen LogP contribution in [0.5, 0.6) is 0 Å². The van der Waals surface area contributed by atoms with Gasteiger partial charge in [-0.2, -0.15) is 0 Å². The van der Waals surface area contributed by atoms with E-state index in [1.54, 1.807) is 12.3 Å². The van der Waals surface area contributed by atoms with Gasteiger partial charge < -0.3 is 4.57 Å². The lowest BCUT2D eigenvalue weighted by Crippen LogP contribution is -2.01. The summed E-state index contributed by atoms with van der Waals surface area (Å²) in [5.74, 6) is 0.869. The van der Waals surface area contributed by atoms with Gasteiger partial charge in [0, 0.05) is 29.0 Å². The van der Waals surface area contributed by atoms with E-state index in [1.165, 1.54) is 5.56 Å². The highest BCUT2D eigenvalue weighted by atomic mass is 79.9. The number of imidazole rings is 1. The van der Waals surface area contributed by atoms with E-state index in [1.807, 2.05) is 30.5 Å². The average molecular weight is 382 g/mol. The topological polar surface area (TPSA) is 17.8 Å². The lowest BCUT2D eigenvalue weighted by Gasteiger charge is -2.09. The first kappa shape index (κ1) is 14.6.